The Hall–Kier alpha value is -1.89. The van der Waals surface area contributed by atoms with Gasteiger partial charge < -0.3 is 0 Å². The quantitative estimate of drug-likeness (QED) is 0.336. The van der Waals surface area contributed by atoms with Gasteiger partial charge in [-0.25, -0.2) is 0 Å². The number of unbranched alkanes of at least 4 members (excludes halogenated alkanes) is 1. The molecule has 33 heavy (non-hydrogen) atoms. The Labute approximate surface area is 201 Å². The van der Waals surface area contributed by atoms with Crippen LogP contribution in [-0.4, -0.2) is 6.67 Å². The number of hydrogen-bond acceptors (Lipinski definition) is 0. The van der Waals surface area contributed by atoms with E-state index in [1.807, 2.05) is 6.08 Å². The summed E-state index contributed by atoms with van der Waals surface area (Å²) in [5.41, 5.74) is 5.70. The van der Waals surface area contributed by atoms with Crippen LogP contribution in [0.15, 0.2) is 60.7 Å². The van der Waals surface area contributed by atoms with E-state index in [1.165, 1.54) is 87.3 Å². The van der Waals surface area contributed by atoms with E-state index in [-0.39, 0.29) is 6.67 Å². The van der Waals surface area contributed by atoms with Gasteiger partial charge >= 0.3 is 0 Å². The third-order valence-electron chi connectivity index (χ3n) is 8.37. The van der Waals surface area contributed by atoms with E-state index < -0.39 is 0 Å². The van der Waals surface area contributed by atoms with E-state index in [4.69, 9.17) is 0 Å². The fourth-order valence-electron chi connectivity index (χ4n) is 6.17. The van der Waals surface area contributed by atoms with Crippen molar-refractivity contribution in [1.82, 2.24) is 0 Å². The Morgan fingerprint density at radius 2 is 1.24 bits per heavy atom. The van der Waals surface area contributed by atoms with Gasteiger partial charge in [-0.1, -0.05) is 86.9 Å². The lowest BCUT2D eigenvalue weighted by molar-refractivity contribution is 0.304. The van der Waals surface area contributed by atoms with Crippen LogP contribution in [0.1, 0.15) is 107 Å². The normalized spacial score (nSPS) is 26.0. The molecule has 0 saturated heterocycles. The van der Waals surface area contributed by atoms with E-state index in [2.05, 4.69) is 61.5 Å². The van der Waals surface area contributed by atoms with Gasteiger partial charge in [-0.3, -0.25) is 4.39 Å². The van der Waals surface area contributed by atoms with Crippen LogP contribution in [0.25, 0.3) is 11.1 Å². The molecule has 2 aliphatic rings. The highest BCUT2D eigenvalue weighted by Gasteiger charge is 2.22. The number of halogens is 1. The number of hydrogen-bond donors (Lipinski definition) is 0. The summed E-state index contributed by atoms with van der Waals surface area (Å²) in [6.45, 7) is 2.07. The highest BCUT2D eigenvalue weighted by Crippen LogP contribution is 2.39. The SMILES string of the molecule is CCCCC1CCC(c2ccc(-c3ccc(C4CCC(C=CCCF)CC4)cc3)cc2)CC1. The summed E-state index contributed by atoms with van der Waals surface area (Å²) in [6, 6.07) is 18.8. The van der Waals surface area contributed by atoms with Gasteiger partial charge in [0, 0.05) is 0 Å². The van der Waals surface area contributed by atoms with Crippen molar-refractivity contribution in [2.24, 2.45) is 11.8 Å². The molecule has 0 radical (unpaired) electrons. The zero-order valence-electron chi connectivity index (χ0n) is 20.7. The molecule has 0 unspecified atom stereocenters. The van der Waals surface area contributed by atoms with Crippen LogP contribution < -0.4 is 0 Å². The molecule has 4 rings (SSSR count). The third kappa shape index (κ3) is 6.81. The van der Waals surface area contributed by atoms with Gasteiger partial charge in [-0.2, -0.15) is 0 Å². The first-order valence-corrected chi connectivity index (χ1v) is 13.7. The lowest BCUT2D eigenvalue weighted by Gasteiger charge is -2.29. The highest BCUT2D eigenvalue weighted by atomic mass is 19.1. The van der Waals surface area contributed by atoms with Gasteiger partial charge in [-0.15, -0.1) is 0 Å². The largest absolute Gasteiger partial charge is 0.251 e. The number of allylic oxidation sites excluding steroid dienone is 2. The molecule has 2 aliphatic carbocycles. The molecule has 2 aromatic rings. The fourth-order valence-corrected chi connectivity index (χ4v) is 6.17. The molecule has 0 heterocycles. The molecule has 0 spiro atoms. The first-order valence-electron chi connectivity index (χ1n) is 13.7. The number of alkyl halides is 1. The van der Waals surface area contributed by atoms with Crippen LogP contribution in [0, 0.1) is 11.8 Å². The van der Waals surface area contributed by atoms with Crippen LogP contribution >= 0.6 is 0 Å². The summed E-state index contributed by atoms with van der Waals surface area (Å²) in [5, 5.41) is 0. The molecule has 0 amide bonds. The summed E-state index contributed by atoms with van der Waals surface area (Å²) >= 11 is 0. The molecule has 178 valence electrons. The Morgan fingerprint density at radius 3 is 1.73 bits per heavy atom. The Morgan fingerprint density at radius 1 is 0.727 bits per heavy atom. The second-order valence-corrected chi connectivity index (χ2v) is 10.6. The average Bonchev–Trinajstić information content (AvgIpc) is 2.89. The molecule has 0 aromatic heterocycles. The molecular weight excluding hydrogens is 403 g/mol. The smallest absolute Gasteiger partial charge is 0.0928 e. The van der Waals surface area contributed by atoms with E-state index in [9.17, 15) is 4.39 Å². The standard InChI is InChI=1S/C32H43F/c1-2-3-6-25-8-12-27(13-9-25)29-16-20-31(21-17-29)32-22-18-30(19-23-32)28-14-10-26(11-15-28)7-4-5-24-33/h4,7,16-23,25-28H,2-3,5-6,8-15,24H2,1H3. The minimum absolute atomic E-state index is 0.235. The third-order valence-corrected chi connectivity index (χ3v) is 8.37. The van der Waals surface area contributed by atoms with Crippen LogP contribution in [0.4, 0.5) is 4.39 Å². The molecule has 2 fully saturated rings. The average molecular weight is 447 g/mol. The van der Waals surface area contributed by atoms with E-state index >= 15 is 0 Å². The van der Waals surface area contributed by atoms with E-state index in [0.717, 1.165) is 11.8 Å². The Balaban J connectivity index is 1.29. The van der Waals surface area contributed by atoms with Gasteiger partial charge in [0.1, 0.15) is 0 Å². The molecule has 0 atom stereocenters. The predicted molar refractivity (Wildman–Crippen MR) is 141 cm³/mol. The monoisotopic (exact) mass is 446 g/mol. The topological polar surface area (TPSA) is 0 Å². The molecular formula is C32H43F. The summed E-state index contributed by atoms with van der Waals surface area (Å²) < 4.78 is 12.3. The molecule has 2 saturated carbocycles. The minimum Gasteiger partial charge on any atom is -0.251 e. The van der Waals surface area contributed by atoms with Crippen molar-refractivity contribution >= 4 is 0 Å². The fraction of sp³-hybridized carbons (Fsp3) is 0.562. The second-order valence-electron chi connectivity index (χ2n) is 10.6. The molecule has 0 N–H and O–H groups in total. The highest BCUT2D eigenvalue weighted by molar-refractivity contribution is 5.64. The summed E-state index contributed by atoms with van der Waals surface area (Å²) in [6.07, 6.45) is 19.6. The number of rotatable bonds is 9. The molecule has 0 bridgehead atoms. The van der Waals surface area contributed by atoms with Gasteiger partial charge in [0.2, 0.25) is 0 Å². The van der Waals surface area contributed by atoms with Crippen molar-refractivity contribution in [2.45, 2.75) is 95.8 Å². The van der Waals surface area contributed by atoms with Gasteiger partial charge in [0.15, 0.2) is 0 Å². The zero-order valence-corrected chi connectivity index (χ0v) is 20.7. The maximum atomic E-state index is 12.3. The first kappa shape index (κ1) is 24.2. The van der Waals surface area contributed by atoms with Crippen molar-refractivity contribution in [3.63, 3.8) is 0 Å². The van der Waals surface area contributed by atoms with Crippen LogP contribution in [0.2, 0.25) is 0 Å². The van der Waals surface area contributed by atoms with E-state index in [1.54, 1.807) is 5.56 Å². The van der Waals surface area contributed by atoms with Gasteiger partial charge in [-0.05, 0) is 104 Å². The summed E-state index contributed by atoms with van der Waals surface area (Å²) in [7, 11) is 0. The van der Waals surface area contributed by atoms with Crippen LogP contribution in [-0.2, 0) is 0 Å². The predicted octanol–water partition coefficient (Wildman–Crippen LogP) is 10.0. The lowest BCUT2D eigenvalue weighted by Crippen LogP contribution is -2.13. The van der Waals surface area contributed by atoms with Crippen molar-refractivity contribution in [3.05, 3.63) is 71.8 Å². The van der Waals surface area contributed by atoms with Crippen molar-refractivity contribution in [1.29, 1.82) is 0 Å². The molecule has 0 aliphatic heterocycles. The van der Waals surface area contributed by atoms with Crippen molar-refractivity contribution in [3.8, 4) is 11.1 Å². The summed E-state index contributed by atoms with van der Waals surface area (Å²) in [5.74, 6) is 3.07. The molecule has 1 heteroatoms. The van der Waals surface area contributed by atoms with Gasteiger partial charge in [0.05, 0.1) is 6.67 Å². The van der Waals surface area contributed by atoms with Crippen molar-refractivity contribution in [2.75, 3.05) is 6.67 Å². The van der Waals surface area contributed by atoms with Crippen molar-refractivity contribution < 1.29 is 4.39 Å². The Bertz CT molecular complexity index is 831. The molecule has 2 aromatic carbocycles. The summed E-state index contributed by atoms with van der Waals surface area (Å²) in [4.78, 5) is 0. The zero-order chi connectivity index (χ0) is 22.9. The Kier molecular flexibility index (Phi) is 9.21. The van der Waals surface area contributed by atoms with Gasteiger partial charge in [0.25, 0.3) is 0 Å². The maximum absolute atomic E-state index is 12.3. The molecule has 0 nitrogen and oxygen atoms in total. The number of benzene rings is 2. The lowest BCUT2D eigenvalue weighted by atomic mass is 9.77. The van der Waals surface area contributed by atoms with Crippen LogP contribution in [0.3, 0.4) is 0 Å². The first-order chi connectivity index (χ1) is 16.3. The maximum Gasteiger partial charge on any atom is 0.0928 e. The van der Waals surface area contributed by atoms with E-state index in [0.29, 0.717) is 18.3 Å². The minimum atomic E-state index is -0.235. The van der Waals surface area contributed by atoms with Crippen LogP contribution in [0.5, 0.6) is 0 Å². The second kappa shape index (κ2) is 12.5.